The number of fused-ring (bicyclic) bond motifs is 1. The van der Waals surface area contributed by atoms with Gasteiger partial charge in [-0.25, -0.2) is 9.98 Å². The molecular weight excluding hydrogens is 306 g/mol. The minimum Gasteiger partial charge on any atom is -0.479 e. The van der Waals surface area contributed by atoms with Crippen molar-refractivity contribution in [2.24, 2.45) is 4.99 Å². The van der Waals surface area contributed by atoms with Crippen molar-refractivity contribution < 1.29 is 14.0 Å². The number of rotatable bonds is 3. The number of aromatic hydroxyl groups is 1. The number of aliphatic imine (C=N–C) groups is 1. The predicted molar refractivity (Wildman–Crippen MR) is 89.6 cm³/mol. The summed E-state index contributed by atoms with van der Waals surface area (Å²) in [5.74, 6) is 1.11. The van der Waals surface area contributed by atoms with Gasteiger partial charge in [0.2, 0.25) is 5.89 Å². The standard InChI is InChI=1S/C18H13N3O3/c1-11-9-16(21-24-11)19-10-15-18(22)23-17(20-15)14-8-4-6-12-5-2-3-7-13(12)14/h2-10,22H,1H3. The minimum atomic E-state index is -0.290. The Morgan fingerprint density at radius 2 is 1.96 bits per heavy atom. The van der Waals surface area contributed by atoms with Crippen LogP contribution < -0.4 is 0 Å². The van der Waals surface area contributed by atoms with E-state index in [1.54, 1.807) is 13.0 Å². The van der Waals surface area contributed by atoms with E-state index in [9.17, 15) is 5.11 Å². The topological polar surface area (TPSA) is 84.7 Å². The molecule has 0 atom stereocenters. The summed E-state index contributed by atoms with van der Waals surface area (Å²) >= 11 is 0. The Morgan fingerprint density at radius 3 is 2.79 bits per heavy atom. The number of benzene rings is 2. The second-order valence-electron chi connectivity index (χ2n) is 5.29. The van der Waals surface area contributed by atoms with Crippen LogP contribution in [0.25, 0.3) is 22.2 Å². The summed E-state index contributed by atoms with van der Waals surface area (Å²) in [6, 6.07) is 15.4. The van der Waals surface area contributed by atoms with Crippen molar-refractivity contribution in [1.82, 2.24) is 10.1 Å². The van der Waals surface area contributed by atoms with E-state index in [1.807, 2.05) is 42.5 Å². The Morgan fingerprint density at radius 1 is 1.12 bits per heavy atom. The van der Waals surface area contributed by atoms with Gasteiger partial charge in [0.15, 0.2) is 11.5 Å². The molecule has 0 amide bonds. The first-order chi connectivity index (χ1) is 11.7. The largest absolute Gasteiger partial charge is 0.479 e. The van der Waals surface area contributed by atoms with E-state index in [0.29, 0.717) is 17.5 Å². The van der Waals surface area contributed by atoms with Gasteiger partial charge in [-0.15, -0.1) is 0 Å². The quantitative estimate of drug-likeness (QED) is 0.571. The maximum absolute atomic E-state index is 9.98. The molecule has 4 rings (SSSR count). The molecule has 6 heteroatoms. The molecule has 0 fully saturated rings. The molecule has 0 saturated carbocycles. The third-order valence-corrected chi connectivity index (χ3v) is 3.59. The van der Waals surface area contributed by atoms with E-state index in [2.05, 4.69) is 15.1 Å². The van der Waals surface area contributed by atoms with Crippen LogP contribution in [0, 0.1) is 6.92 Å². The van der Waals surface area contributed by atoms with Gasteiger partial charge in [0, 0.05) is 11.6 Å². The summed E-state index contributed by atoms with van der Waals surface area (Å²) in [7, 11) is 0. The molecule has 0 spiro atoms. The fourth-order valence-corrected chi connectivity index (χ4v) is 2.48. The van der Waals surface area contributed by atoms with Gasteiger partial charge in [-0.2, -0.15) is 0 Å². The average Bonchev–Trinajstić information content (AvgIpc) is 3.18. The van der Waals surface area contributed by atoms with Crippen LogP contribution in [-0.4, -0.2) is 21.5 Å². The lowest BCUT2D eigenvalue weighted by Crippen LogP contribution is -1.84. The molecule has 0 unspecified atom stereocenters. The highest BCUT2D eigenvalue weighted by molar-refractivity contribution is 5.95. The molecule has 6 nitrogen and oxygen atoms in total. The van der Waals surface area contributed by atoms with Crippen molar-refractivity contribution >= 4 is 22.8 Å². The second-order valence-corrected chi connectivity index (χ2v) is 5.29. The lowest BCUT2D eigenvalue weighted by molar-refractivity contribution is 0.337. The van der Waals surface area contributed by atoms with Gasteiger partial charge in [-0.1, -0.05) is 41.6 Å². The van der Waals surface area contributed by atoms with Crippen LogP contribution in [0.1, 0.15) is 11.5 Å². The summed E-state index contributed by atoms with van der Waals surface area (Å²) in [6.45, 7) is 1.78. The van der Waals surface area contributed by atoms with Gasteiger partial charge in [0.05, 0.1) is 6.21 Å². The summed E-state index contributed by atoms with van der Waals surface area (Å²) < 4.78 is 10.3. The first-order valence-electron chi connectivity index (χ1n) is 7.36. The zero-order valence-corrected chi connectivity index (χ0v) is 12.8. The van der Waals surface area contributed by atoms with Crippen LogP contribution >= 0.6 is 0 Å². The summed E-state index contributed by atoms with van der Waals surface area (Å²) in [5.41, 5.74) is 1.04. The number of oxazole rings is 1. The van der Waals surface area contributed by atoms with Crippen molar-refractivity contribution in [2.45, 2.75) is 6.92 Å². The summed E-state index contributed by atoms with van der Waals surface area (Å²) in [4.78, 5) is 8.44. The van der Waals surface area contributed by atoms with Gasteiger partial charge >= 0.3 is 5.95 Å². The summed E-state index contributed by atoms with van der Waals surface area (Å²) in [6.07, 6.45) is 1.39. The number of aryl methyl sites for hydroxylation is 1. The Hall–Kier alpha value is -3.41. The minimum absolute atomic E-state index is 0.235. The highest BCUT2D eigenvalue weighted by Gasteiger charge is 2.14. The molecule has 0 aliphatic rings. The van der Waals surface area contributed by atoms with E-state index in [4.69, 9.17) is 8.94 Å². The fourth-order valence-electron chi connectivity index (χ4n) is 2.48. The average molecular weight is 319 g/mol. The van der Waals surface area contributed by atoms with Crippen molar-refractivity contribution in [3.8, 4) is 17.4 Å². The lowest BCUT2D eigenvalue weighted by Gasteiger charge is -2.01. The number of hydrogen-bond donors (Lipinski definition) is 1. The molecule has 2 heterocycles. The molecule has 0 aliphatic carbocycles. The van der Waals surface area contributed by atoms with E-state index in [-0.39, 0.29) is 11.6 Å². The molecular formula is C18H13N3O3. The van der Waals surface area contributed by atoms with Gasteiger partial charge in [0.25, 0.3) is 0 Å². The van der Waals surface area contributed by atoms with Crippen LogP contribution in [0.2, 0.25) is 0 Å². The maximum atomic E-state index is 9.98. The molecule has 0 aliphatic heterocycles. The maximum Gasteiger partial charge on any atom is 0.312 e. The molecule has 0 radical (unpaired) electrons. The highest BCUT2D eigenvalue weighted by Crippen LogP contribution is 2.31. The molecule has 2 aromatic heterocycles. The smallest absolute Gasteiger partial charge is 0.312 e. The lowest BCUT2D eigenvalue weighted by atomic mass is 10.0. The Balaban J connectivity index is 1.74. The van der Waals surface area contributed by atoms with Gasteiger partial charge in [-0.05, 0) is 23.8 Å². The highest BCUT2D eigenvalue weighted by atomic mass is 16.5. The molecule has 0 bridgehead atoms. The fraction of sp³-hybridized carbons (Fsp3) is 0.0556. The Labute approximate surface area is 137 Å². The van der Waals surface area contributed by atoms with E-state index >= 15 is 0 Å². The molecule has 24 heavy (non-hydrogen) atoms. The number of aromatic nitrogens is 2. The molecule has 4 aromatic rings. The van der Waals surface area contributed by atoms with Crippen LogP contribution in [-0.2, 0) is 0 Å². The van der Waals surface area contributed by atoms with E-state index in [0.717, 1.165) is 16.3 Å². The molecule has 0 saturated heterocycles. The molecule has 2 aromatic carbocycles. The number of nitrogens with zero attached hydrogens (tertiary/aromatic N) is 3. The molecule has 1 N–H and O–H groups in total. The van der Waals surface area contributed by atoms with Crippen LogP contribution in [0.4, 0.5) is 5.82 Å². The first-order valence-corrected chi connectivity index (χ1v) is 7.36. The molecule has 118 valence electrons. The van der Waals surface area contributed by atoms with Gasteiger partial charge < -0.3 is 14.0 Å². The first kappa shape index (κ1) is 14.2. The van der Waals surface area contributed by atoms with E-state index in [1.165, 1.54) is 6.21 Å². The van der Waals surface area contributed by atoms with Crippen LogP contribution in [0.15, 0.2) is 62.5 Å². The van der Waals surface area contributed by atoms with Gasteiger partial charge in [0.1, 0.15) is 5.76 Å². The van der Waals surface area contributed by atoms with Crippen molar-refractivity contribution in [3.63, 3.8) is 0 Å². The van der Waals surface area contributed by atoms with Gasteiger partial charge in [-0.3, -0.25) is 0 Å². The Bertz CT molecular complexity index is 1040. The zero-order valence-electron chi connectivity index (χ0n) is 12.8. The van der Waals surface area contributed by atoms with Crippen LogP contribution in [0.5, 0.6) is 5.95 Å². The zero-order chi connectivity index (χ0) is 16.5. The van der Waals surface area contributed by atoms with Crippen molar-refractivity contribution in [3.05, 3.63) is 60.0 Å². The normalized spacial score (nSPS) is 11.5. The summed E-state index contributed by atoms with van der Waals surface area (Å²) in [5, 5.41) is 15.8. The monoisotopic (exact) mass is 319 g/mol. The number of hydrogen-bond acceptors (Lipinski definition) is 6. The second kappa shape index (κ2) is 5.66. The van der Waals surface area contributed by atoms with Crippen LogP contribution in [0.3, 0.4) is 0 Å². The van der Waals surface area contributed by atoms with Crippen molar-refractivity contribution in [1.29, 1.82) is 0 Å². The SMILES string of the molecule is Cc1cc(N=Cc2nc(-c3cccc4ccccc34)oc2O)no1. The van der Waals surface area contributed by atoms with E-state index < -0.39 is 0 Å². The Kier molecular flexibility index (Phi) is 3.35. The third kappa shape index (κ3) is 2.54. The predicted octanol–water partition coefficient (Wildman–Crippen LogP) is 4.25. The van der Waals surface area contributed by atoms with Crippen molar-refractivity contribution in [2.75, 3.05) is 0 Å². The third-order valence-electron chi connectivity index (χ3n) is 3.59.